The number of aromatic amines is 1. The Morgan fingerprint density at radius 3 is 3.05 bits per heavy atom. The molecular weight excluding hydrogens is 256 g/mol. The minimum Gasteiger partial charge on any atom is -0.395 e. The number of aryl methyl sites for hydroxylation is 1. The van der Waals surface area contributed by atoms with Crippen LogP contribution in [-0.4, -0.2) is 46.8 Å². The van der Waals surface area contributed by atoms with E-state index in [-0.39, 0.29) is 12.0 Å². The number of hydrogen-bond acceptors (Lipinski definition) is 4. The van der Waals surface area contributed by atoms with Crippen LogP contribution >= 0.6 is 0 Å². The Morgan fingerprint density at radius 2 is 2.35 bits per heavy atom. The molecule has 3 N–H and O–H groups in total. The summed E-state index contributed by atoms with van der Waals surface area (Å²) in [4.78, 5) is 14.3. The molecule has 0 aromatic carbocycles. The van der Waals surface area contributed by atoms with Crippen LogP contribution < -0.4 is 5.73 Å². The molecule has 0 saturated carbocycles. The maximum atomic E-state index is 12.5. The molecule has 2 heterocycles. The number of likely N-dealkylation sites (tertiary alicyclic amines) is 1. The van der Waals surface area contributed by atoms with Crippen LogP contribution in [0.15, 0.2) is 0 Å². The fourth-order valence-corrected chi connectivity index (χ4v) is 2.63. The molecule has 1 aliphatic rings. The highest BCUT2D eigenvalue weighted by molar-refractivity contribution is 5.97. The van der Waals surface area contributed by atoms with Crippen molar-refractivity contribution in [3.05, 3.63) is 11.4 Å². The third-order valence-corrected chi connectivity index (χ3v) is 3.65. The summed E-state index contributed by atoms with van der Waals surface area (Å²) in [7, 11) is 0. The molecule has 1 aliphatic heterocycles. The minimum absolute atomic E-state index is 0.0921. The number of anilines is 1. The summed E-state index contributed by atoms with van der Waals surface area (Å²) in [6.45, 7) is 6.10. The zero-order valence-corrected chi connectivity index (χ0v) is 12.3. The van der Waals surface area contributed by atoms with Gasteiger partial charge in [0.05, 0.1) is 17.5 Å². The monoisotopic (exact) mass is 280 g/mol. The first kappa shape index (κ1) is 14.8. The summed E-state index contributed by atoms with van der Waals surface area (Å²) in [5.74, 6) is -0.0921. The third kappa shape index (κ3) is 3.12. The molecule has 6 nitrogen and oxygen atoms in total. The van der Waals surface area contributed by atoms with Gasteiger partial charge < -0.3 is 15.4 Å². The SMILES string of the molecule is CCCc1[nH]nc(C(=O)N2CCCC(OCC)C2)c1N. The Kier molecular flexibility index (Phi) is 5.00. The summed E-state index contributed by atoms with van der Waals surface area (Å²) in [5.41, 5.74) is 7.72. The van der Waals surface area contributed by atoms with Crippen molar-refractivity contribution in [1.29, 1.82) is 0 Å². The van der Waals surface area contributed by atoms with Crippen LogP contribution in [0.2, 0.25) is 0 Å². The molecule has 1 aromatic rings. The number of nitrogens with one attached hydrogen (secondary N) is 1. The van der Waals surface area contributed by atoms with Gasteiger partial charge in [0, 0.05) is 19.7 Å². The smallest absolute Gasteiger partial charge is 0.276 e. The number of carbonyl (C=O) groups is 1. The summed E-state index contributed by atoms with van der Waals surface area (Å²) in [6.07, 6.45) is 3.88. The van der Waals surface area contributed by atoms with E-state index in [1.54, 1.807) is 4.90 Å². The van der Waals surface area contributed by atoms with Crippen molar-refractivity contribution >= 4 is 11.6 Å². The summed E-state index contributed by atoms with van der Waals surface area (Å²) in [6, 6.07) is 0. The molecule has 0 aliphatic carbocycles. The fraction of sp³-hybridized carbons (Fsp3) is 0.714. The summed E-state index contributed by atoms with van der Waals surface area (Å²) >= 11 is 0. The predicted octanol–water partition coefficient (Wildman–Crippen LogP) is 1.59. The molecule has 112 valence electrons. The first-order valence-electron chi connectivity index (χ1n) is 7.40. The van der Waals surface area contributed by atoms with Gasteiger partial charge in [0.1, 0.15) is 0 Å². The number of nitrogens with zero attached hydrogens (tertiary/aromatic N) is 2. The first-order valence-corrected chi connectivity index (χ1v) is 7.40. The van der Waals surface area contributed by atoms with Crippen molar-refractivity contribution in [2.75, 3.05) is 25.4 Å². The van der Waals surface area contributed by atoms with E-state index in [0.717, 1.165) is 37.9 Å². The minimum atomic E-state index is -0.0921. The molecule has 20 heavy (non-hydrogen) atoms. The summed E-state index contributed by atoms with van der Waals surface area (Å²) in [5, 5.41) is 6.98. The van der Waals surface area contributed by atoms with Crippen molar-refractivity contribution in [3.8, 4) is 0 Å². The van der Waals surface area contributed by atoms with E-state index in [1.807, 2.05) is 6.92 Å². The molecule has 6 heteroatoms. The normalized spacial score (nSPS) is 19.3. The van der Waals surface area contributed by atoms with Crippen LogP contribution in [0, 0.1) is 0 Å². The van der Waals surface area contributed by atoms with Crippen molar-refractivity contribution in [2.24, 2.45) is 0 Å². The molecule has 0 bridgehead atoms. The molecular formula is C14H24N4O2. The van der Waals surface area contributed by atoms with Crippen LogP contribution in [-0.2, 0) is 11.2 Å². The number of nitrogens with two attached hydrogens (primary N) is 1. The van der Waals surface area contributed by atoms with E-state index < -0.39 is 0 Å². The van der Waals surface area contributed by atoms with E-state index in [0.29, 0.717) is 24.5 Å². The number of nitrogen functional groups attached to an aromatic ring is 1. The average molecular weight is 280 g/mol. The largest absolute Gasteiger partial charge is 0.395 e. The van der Waals surface area contributed by atoms with E-state index >= 15 is 0 Å². The highest BCUT2D eigenvalue weighted by Crippen LogP contribution is 2.20. The van der Waals surface area contributed by atoms with Gasteiger partial charge in [0.2, 0.25) is 0 Å². The van der Waals surface area contributed by atoms with Crippen LogP contribution in [0.4, 0.5) is 5.69 Å². The highest BCUT2D eigenvalue weighted by atomic mass is 16.5. The maximum Gasteiger partial charge on any atom is 0.276 e. The molecule has 0 spiro atoms. The first-order chi connectivity index (χ1) is 9.67. The second-order valence-corrected chi connectivity index (χ2v) is 5.19. The second-order valence-electron chi connectivity index (χ2n) is 5.19. The van der Waals surface area contributed by atoms with Crippen molar-refractivity contribution in [3.63, 3.8) is 0 Å². The Morgan fingerprint density at radius 1 is 1.55 bits per heavy atom. The maximum absolute atomic E-state index is 12.5. The number of amides is 1. The standard InChI is InChI=1S/C14H24N4O2/c1-3-6-11-12(15)13(17-16-11)14(19)18-8-5-7-10(9-18)20-4-2/h10H,3-9,15H2,1-2H3,(H,16,17). The van der Waals surface area contributed by atoms with Crippen LogP contribution in [0.5, 0.6) is 0 Å². The number of ether oxygens (including phenoxy) is 1. The number of hydrogen-bond donors (Lipinski definition) is 2. The molecule has 2 rings (SSSR count). The van der Waals surface area contributed by atoms with Crippen LogP contribution in [0.3, 0.4) is 0 Å². The van der Waals surface area contributed by atoms with Gasteiger partial charge in [0.25, 0.3) is 5.91 Å². The van der Waals surface area contributed by atoms with Gasteiger partial charge in [-0.2, -0.15) is 5.10 Å². The number of H-pyrrole nitrogens is 1. The second kappa shape index (κ2) is 6.74. The quantitative estimate of drug-likeness (QED) is 0.857. The lowest BCUT2D eigenvalue weighted by Gasteiger charge is -2.32. The van der Waals surface area contributed by atoms with Crippen LogP contribution in [0.1, 0.15) is 49.3 Å². The van der Waals surface area contributed by atoms with Gasteiger partial charge in [-0.25, -0.2) is 0 Å². The number of rotatable bonds is 5. The van der Waals surface area contributed by atoms with E-state index in [2.05, 4.69) is 17.1 Å². The van der Waals surface area contributed by atoms with Gasteiger partial charge in [0.15, 0.2) is 5.69 Å². The zero-order valence-electron chi connectivity index (χ0n) is 12.3. The molecule has 0 radical (unpaired) electrons. The number of aromatic nitrogens is 2. The molecule has 1 fully saturated rings. The lowest BCUT2D eigenvalue weighted by atomic mass is 10.1. The van der Waals surface area contributed by atoms with E-state index in [1.165, 1.54) is 0 Å². The van der Waals surface area contributed by atoms with Gasteiger partial charge in [-0.3, -0.25) is 9.89 Å². The van der Waals surface area contributed by atoms with Crippen molar-refractivity contribution in [2.45, 2.75) is 45.6 Å². The zero-order chi connectivity index (χ0) is 14.5. The Balaban J connectivity index is 2.06. The highest BCUT2D eigenvalue weighted by Gasteiger charge is 2.28. The molecule has 1 unspecified atom stereocenters. The predicted molar refractivity (Wildman–Crippen MR) is 77.5 cm³/mol. The van der Waals surface area contributed by atoms with Gasteiger partial charge in [-0.15, -0.1) is 0 Å². The van der Waals surface area contributed by atoms with Gasteiger partial charge in [-0.05, 0) is 26.2 Å². The molecule has 1 amide bonds. The molecule has 1 saturated heterocycles. The van der Waals surface area contributed by atoms with Crippen molar-refractivity contribution in [1.82, 2.24) is 15.1 Å². The van der Waals surface area contributed by atoms with Crippen molar-refractivity contribution < 1.29 is 9.53 Å². The summed E-state index contributed by atoms with van der Waals surface area (Å²) < 4.78 is 5.62. The average Bonchev–Trinajstić information content (AvgIpc) is 2.81. The van der Waals surface area contributed by atoms with Gasteiger partial charge in [-0.1, -0.05) is 13.3 Å². The van der Waals surface area contributed by atoms with E-state index in [4.69, 9.17) is 10.5 Å². The van der Waals surface area contributed by atoms with Gasteiger partial charge >= 0.3 is 0 Å². The third-order valence-electron chi connectivity index (χ3n) is 3.65. The fourth-order valence-electron chi connectivity index (χ4n) is 2.63. The Bertz CT molecular complexity index is 456. The van der Waals surface area contributed by atoms with E-state index in [9.17, 15) is 4.79 Å². The van der Waals surface area contributed by atoms with Crippen LogP contribution in [0.25, 0.3) is 0 Å². The number of carbonyl (C=O) groups excluding carboxylic acids is 1. The number of piperidine rings is 1. The molecule has 1 atom stereocenters. The molecule has 1 aromatic heterocycles. The lowest BCUT2D eigenvalue weighted by molar-refractivity contribution is 0.00707. The Labute approximate surface area is 119 Å². The Hall–Kier alpha value is -1.56. The lowest BCUT2D eigenvalue weighted by Crippen LogP contribution is -2.43. The topological polar surface area (TPSA) is 84.2 Å².